The highest BCUT2D eigenvalue weighted by atomic mass is 32.1. The molecule has 2 aromatic heterocycles. The van der Waals surface area contributed by atoms with Crippen LogP contribution in [0, 0.1) is 13.8 Å². The lowest BCUT2D eigenvalue weighted by molar-refractivity contribution is -0.138. The van der Waals surface area contributed by atoms with Gasteiger partial charge in [0, 0.05) is 22.2 Å². The minimum absolute atomic E-state index is 0.0799. The van der Waals surface area contributed by atoms with E-state index in [0.29, 0.717) is 22.0 Å². The number of aryl methyl sites for hydroxylation is 2. The van der Waals surface area contributed by atoms with E-state index in [2.05, 4.69) is 9.97 Å². The topological polar surface area (TPSA) is 75.2 Å². The Morgan fingerprint density at radius 3 is 2.53 bits per heavy atom. The minimum atomic E-state index is -4.37. The summed E-state index contributed by atoms with van der Waals surface area (Å²) in [4.78, 5) is 19.5. The fourth-order valence-corrected chi connectivity index (χ4v) is 4.40. The Morgan fingerprint density at radius 2 is 1.88 bits per heavy atom. The number of benzene rings is 2. The molecule has 2 heterocycles. The van der Waals surface area contributed by atoms with Crippen molar-refractivity contribution in [3.05, 3.63) is 69.9 Å². The molecule has 0 radical (unpaired) electrons. The summed E-state index contributed by atoms with van der Waals surface area (Å²) in [7, 11) is 0. The van der Waals surface area contributed by atoms with Crippen molar-refractivity contribution in [3.8, 4) is 16.3 Å². The number of rotatable bonds is 6. The number of hydrogen-bond acceptors (Lipinski definition) is 4. The zero-order valence-electron chi connectivity index (χ0n) is 17.2. The number of aromatic amines is 1. The van der Waals surface area contributed by atoms with Gasteiger partial charge in [-0.3, -0.25) is 4.79 Å². The molecule has 4 rings (SSSR count). The number of fused-ring (bicyclic) bond motifs is 1. The highest BCUT2D eigenvalue weighted by molar-refractivity contribution is 7.15. The van der Waals surface area contributed by atoms with Gasteiger partial charge in [0.05, 0.1) is 22.6 Å². The molecule has 0 bridgehead atoms. The molecule has 0 amide bonds. The Morgan fingerprint density at radius 1 is 1.16 bits per heavy atom. The number of halogens is 3. The molecule has 0 atom stereocenters. The van der Waals surface area contributed by atoms with Gasteiger partial charge in [-0.25, -0.2) is 4.98 Å². The fourth-order valence-electron chi connectivity index (χ4n) is 3.42. The van der Waals surface area contributed by atoms with E-state index in [4.69, 9.17) is 9.84 Å². The number of H-pyrrole nitrogens is 1. The van der Waals surface area contributed by atoms with Crippen LogP contribution in [0.15, 0.2) is 42.5 Å². The Labute approximate surface area is 185 Å². The third-order valence-corrected chi connectivity index (χ3v) is 6.36. The molecule has 0 fully saturated rings. The molecule has 0 saturated carbocycles. The summed E-state index contributed by atoms with van der Waals surface area (Å²) in [6, 6.07) is 10.4. The predicted molar refractivity (Wildman–Crippen MR) is 116 cm³/mol. The second-order valence-electron chi connectivity index (χ2n) is 7.40. The molecule has 5 nitrogen and oxygen atoms in total. The monoisotopic (exact) mass is 460 g/mol. The fraction of sp³-hybridized carbons (Fsp3) is 0.217. The molecular weight excluding hydrogens is 441 g/mol. The number of thiazole rings is 1. The number of nitrogens with zero attached hydrogens (tertiary/aromatic N) is 1. The van der Waals surface area contributed by atoms with Crippen LogP contribution in [0.5, 0.6) is 5.75 Å². The summed E-state index contributed by atoms with van der Waals surface area (Å²) in [6.07, 6.45) is -4.45. The van der Waals surface area contributed by atoms with Crippen LogP contribution in [0.1, 0.15) is 27.4 Å². The number of nitrogens with one attached hydrogen (secondary N) is 1. The van der Waals surface area contributed by atoms with E-state index < -0.39 is 17.7 Å². The summed E-state index contributed by atoms with van der Waals surface area (Å²) in [5.74, 6) is -0.272. The van der Waals surface area contributed by atoms with E-state index in [-0.39, 0.29) is 13.0 Å². The van der Waals surface area contributed by atoms with E-state index in [1.165, 1.54) is 23.5 Å². The van der Waals surface area contributed by atoms with Crippen molar-refractivity contribution in [2.75, 3.05) is 0 Å². The number of alkyl halides is 3. The van der Waals surface area contributed by atoms with Crippen molar-refractivity contribution in [1.29, 1.82) is 0 Å². The van der Waals surface area contributed by atoms with Crippen LogP contribution in [0.3, 0.4) is 0 Å². The molecule has 166 valence electrons. The number of carboxylic acids is 1. The van der Waals surface area contributed by atoms with Crippen LogP contribution >= 0.6 is 11.3 Å². The zero-order chi connectivity index (χ0) is 23.0. The maximum Gasteiger partial charge on any atom is 0.416 e. The SMILES string of the molecule is Cc1nc(-c2ccc(C(F)(F)F)cc2)sc1COc1ccc2[nH]c(CC(=O)O)c(C)c2c1. The molecule has 2 N–H and O–H groups in total. The Kier molecular flexibility index (Phi) is 5.68. The molecule has 0 aliphatic rings. The van der Waals surface area contributed by atoms with Crippen LogP contribution < -0.4 is 4.74 Å². The second kappa shape index (κ2) is 8.31. The summed E-state index contributed by atoms with van der Waals surface area (Å²) in [5.41, 5.74) is 3.04. The van der Waals surface area contributed by atoms with Gasteiger partial charge < -0.3 is 14.8 Å². The van der Waals surface area contributed by atoms with E-state index in [1.54, 1.807) is 6.07 Å². The van der Waals surface area contributed by atoms with Crippen molar-refractivity contribution >= 4 is 28.2 Å². The molecule has 0 spiro atoms. The smallest absolute Gasteiger partial charge is 0.416 e. The molecule has 0 saturated heterocycles. The lowest BCUT2D eigenvalue weighted by atomic mass is 10.1. The molecule has 4 aromatic rings. The third kappa shape index (κ3) is 4.47. The van der Waals surface area contributed by atoms with E-state index in [9.17, 15) is 18.0 Å². The summed E-state index contributed by atoms with van der Waals surface area (Å²) in [5, 5.41) is 10.6. The quantitative estimate of drug-likeness (QED) is 0.363. The summed E-state index contributed by atoms with van der Waals surface area (Å²) < 4.78 is 44.3. The Balaban J connectivity index is 1.51. The first-order valence-electron chi connectivity index (χ1n) is 9.71. The van der Waals surface area contributed by atoms with Gasteiger partial charge in [0.25, 0.3) is 0 Å². The van der Waals surface area contributed by atoms with Gasteiger partial charge in [-0.1, -0.05) is 12.1 Å². The molecular formula is C23H19F3N2O3S. The second-order valence-corrected chi connectivity index (χ2v) is 8.48. The summed E-state index contributed by atoms with van der Waals surface area (Å²) >= 11 is 1.37. The number of hydrogen-bond donors (Lipinski definition) is 2. The lowest BCUT2D eigenvalue weighted by Gasteiger charge is -2.06. The van der Waals surface area contributed by atoms with Gasteiger partial charge in [0.1, 0.15) is 17.4 Å². The third-order valence-electron chi connectivity index (χ3n) is 5.18. The highest BCUT2D eigenvalue weighted by Crippen LogP contribution is 2.33. The number of carboxylic acid groups (broad SMARTS) is 1. The maximum absolute atomic E-state index is 12.8. The van der Waals surface area contributed by atoms with E-state index in [0.717, 1.165) is 39.2 Å². The van der Waals surface area contributed by atoms with Crippen molar-refractivity contribution in [2.24, 2.45) is 0 Å². The number of aliphatic carboxylic acids is 1. The van der Waals surface area contributed by atoms with Gasteiger partial charge in [-0.15, -0.1) is 11.3 Å². The normalized spacial score (nSPS) is 11.8. The van der Waals surface area contributed by atoms with E-state index in [1.807, 2.05) is 26.0 Å². The van der Waals surface area contributed by atoms with Crippen LogP contribution in [-0.2, 0) is 24.0 Å². The first-order valence-corrected chi connectivity index (χ1v) is 10.5. The first kappa shape index (κ1) is 21.9. The van der Waals surface area contributed by atoms with Gasteiger partial charge in [0.15, 0.2) is 0 Å². The predicted octanol–water partition coefficient (Wildman–Crippen LogP) is 6.13. The highest BCUT2D eigenvalue weighted by Gasteiger charge is 2.30. The van der Waals surface area contributed by atoms with Gasteiger partial charge >= 0.3 is 12.1 Å². The lowest BCUT2D eigenvalue weighted by Crippen LogP contribution is -2.03. The average molecular weight is 460 g/mol. The van der Waals surface area contributed by atoms with Crippen molar-refractivity contribution in [3.63, 3.8) is 0 Å². The van der Waals surface area contributed by atoms with Crippen molar-refractivity contribution in [2.45, 2.75) is 33.1 Å². The van der Waals surface area contributed by atoms with Gasteiger partial charge in [0.2, 0.25) is 0 Å². The van der Waals surface area contributed by atoms with Crippen molar-refractivity contribution in [1.82, 2.24) is 9.97 Å². The molecule has 0 unspecified atom stereocenters. The molecule has 0 aliphatic heterocycles. The molecule has 0 aliphatic carbocycles. The molecule has 32 heavy (non-hydrogen) atoms. The number of carbonyl (C=O) groups is 1. The molecule has 9 heteroatoms. The van der Waals surface area contributed by atoms with Crippen molar-refractivity contribution < 1.29 is 27.8 Å². The van der Waals surface area contributed by atoms with Crippen LogP contribution in [0.25, 0.3) is 21.5 Å². The van der Waals surface area contributed by atoms with Gasteiger partial charge in [-0.05, 0) is 49.7 Å². The minimum Gasteiger partial charge on any atom is -0.488 e. The first-order chi connectivity index (χ1) is 15.1. The molecule has 2 aromatic carbocycles. The van der Waals surface area contributed by atoms with Crippen LogP contribution in [0.2, 0.25) is 0 Å². The average Bonchev–Trinajstić information content (AvgIpc) is 3.25. The maximum atomic E-state index is 12.8. The van der Waals surface area contributed by atoms with E-state index >= 15 is 0 Å². The number of ether oxygens (including phenoxy) is 1. The standard InChI is InChI=1S/C23H19F3N2O3S/c1-12-17-9-16(7-8-18(17)28-19(12)10-21(29)30)31-11-20-13(2)27-22(32-20)14-3-5-15(6-4-14)23(24,25)26/h3-9,28H,10-11H2,1-2H3,(H,29,30). The Hall–Kier alpha value is -3.33. The van der Waals surface area contributed by atoms with Gasteiger partial charge in [-0.2, -0.15) is 13.2 Å². The Bertz CT molecular complexity index is 1290. The largest absolute Gasteiger partial charge is 0.488 e. The summed E-state index contributed by atoms with van der Waals surface area (Å²) in [6.45, 7) is 3.96. The number of aromatic nitrogens is 2. The zero-order valence-corrected chi connectivity index (χ0v) is 18.0. The van der Waals surface area contributed by atoms with Crippen LogP contribution in [-0.4, -0.2) is 21.0 Å². The van der Waals surface area contributed by atoms with Crippen LogP contribution in [0.4, 0.5) is 13.2 Å².